The topological polar surface area (TPSA) is 55.1 Å². The fraction of sp³-hybridized carbons (Fsp3) is 0.364. The molecule has 0 fully saturated rings. The van der Waals surface area contributed by atoms with Gasteiger partial charge in [-0.2, -0.15) is 0 Å². The molecule has 14 heavy (non-hydrogen) atoms. The molecule has 0 saturated carbocycles. The molecule has 1 unspecified atom stereocenters. The van der Waals surface area contributed by atoms with Crippen molar-refractivity contribution in [3.8, 4) is 0 Å². The summed E-state index contributed by atoms with van der Waals surface area (Å²) in [7, 11) is 1.59. The molecule has 0 heterocycles. The summed E-state index contributed by atoms with van der Waals surface area (Å²) in [6.07, 6.45) is 0. The lowest BCUT2D eigenvalue weighted by atomic mass is 10.0. The predicted octanol–water partition coefficient (Wildman–Crippen LogP) is 1.05. The van der Waals surface area contributed by atoms with Gasteiger partial charge in [0.05, 0.1) is 0 Å². The van der Waals surface area contributed by atoms with Gasteiger partial charge in [0.2, 0.25) is 5.91 Å². The van der Waals surface area contributed by atoms with Gasteiger partial charge in [-0.1, -0.05) is 18.2 Å². The number of nitrogens with two attached hydrogens (primary N) is 1. The number of likely N-dealkylation sites (N-methyl/N-ethyl adjacent to an activating group) is 1. The molecule has 3 nitrogen and oxygen atoms in total. The zero-order chi connectivity index (χ0) is 10.7. The molecule has 1 atom stereocenters. The summed E-state index contributed by atoms with van der Waals surface area (Å²) in [5.74, 6) is -0.159. The Balaban J connectivity index is 2.96. The quantitative estimate of drug-likeness (QED) is 0.736. The maximum atomic E-state index is 11.3. The van der Waals surface area contributed by atoms with Crippen LogP contribution in [0.5, 0.6) is 0 Å². The molecule has 0 aliphatic rings. The molecule has 0 aromatic heterocycles. The SMILES string of the molecule is CNC(=O)C(N)c1ccc(C)c(C)c1. The lowest BCUT2D eigenvalue weighted by Gasteiger charge is -2.11. The Morgan fingerprint density at radius 1 is 1.36 bits per heavy atom. The van der Waals surface area contributed by atoms with Gasteiger partial charge < -0.3 is 11.1 Å². The highest BCUT2D eigenvalue weighted by Gasteiger charge is 2.13. The van der Waals surface area contributed by atoms with Crippen LogP contribution in [0, 0.1) is 13.8 Å². The van der Waals surface area contributed by atoms with Gasteiger partial charge in [0, 0.05) is 7.05 Å². The highest BCUT2D eigenvalue weighted by atomic mass is 16.2. The smallest absolute Gasteiger partial charge is 0.241 e. The van der Waals surface area contributed by atoms with Gasteiger partial charge in [0.1, 0.15) is 6.04 Å². The first kappa shape index (κ1) is 10.7. The molecule has 1 rings (SSSR count). The van der Waals surface area contributed by atoms with E-state index in [4.69, 9.17) is 5.73 Å². The zero-order valence-electron chi connectivity index (χ0n) is 8.79. The molecule has 0 aliphatic carbocycles. The van der Waals surface area contributed by atoms with Crippen molar-refractivity contribution in [1.29, 1.82) is 0 Å². The van der Waals surface area contributed by atoms with Crippen molar-refractivity contribution in [2.75, 3.05) is 7.05 Å². The summed E-state index contributed by atoms with van der Waals surface area (Å²) in [5, 5.41) is 2.53. The summed E-state index contributed by atoms with van der Waals surface area (Å²) in [4.78, 5) is 11.3. The van der Waals surface area contributed by atoms with Crippen molar-refractivity contribution in [2.24, 2.45) is 5.73 Å². The lowest BCUT2D eigenvalue weighted by Crippen LogP contribution is -2.31. The lowest BCUT2D eigenvalue weighted by molar-refractivity contribution is -0.121. The highest BCUT2D eigenvalue weighted by Crippen LogP contribution is 2.15. The largest absolute Gasteiger partial charge is 0.358 e. The number of hydrogen-bond acceptors (Lipinski definition) is 2. The van der Waals surface area contributed by atoms with Gasteiger partial charge in [0.25, 0.3) is 0 Å². The summed E-state index contributed by atoms with van der Waals surface area (Å²) < 4.78 is 0. The molecule has 0 bridgehead atoms. The van der Waals surface area contributed by atoms with Crippen molar-refractivity contribution < 1.29 is 4.79 Å². The molecular weight excluding hydrogens is 176 g/mol. The van der Waals surface area contributed by atoms with E-state index in [0.29, 0.717) is 0 Å². The summed E-state index contributed by atoms with van der Waals surface area (Å²) in [6.45, 7) is 4.04. The summed E-state index contributed by atoms with van der Waals surface area (Å²) >= 11 is 0. The number of amides is 1. The minimum Gasteiger partial charge on any atom is -0.358 e. The van der Waals surface area contributed by atoms with Crippen LogP contribution in [0.15, 0.2) is 18.2 Å². The Kier molecular flexibility index (Phi) is 3.25. The first-order valence-electron chi connectivity index (χ1n) is 4.60. The van der Waals surface area contributed by atoms with E-state index in [1.807, 2.05) is 32.0 Å². The minimum absolute atomic E-state index is 0.159. The number of aryl methyl sites for hydroxylation is 2. The van der Waals surface area contributed by atoms with Crippen LogP contribution in [-0.2, 0) is 4.79 Å². The second-order valence-electron chi connectivity index (χ2n) is 3.44. The molecule has 0 saturated heterocycles. The van der Waals surface area contributed by atoms with Crippen molar-refractivity contribution in [2.45, 2.75) is 19.9 Å². The van der Waals surface area contributed by atoms with E-state index in [0.717, 1.165) is 11.1 Å². The van der Waals surface area contributed by atoms with E-state index in [1.54, 1.807) is 7.05 Å². The zero-order valence-corrected chi connectivity index (χ0v) is 8.79. The summed E-state index contributed by atoms with van der Waals surface area (Å²) in [6, 6.07) is 5.25. The molecule has 1 amide bonds. The van der Waals surface area contributed by atoms with E-state index in [9.17, 15) is 4.79 Å². The third kappa shape index (κ3) is 2.12. The van der Waals surface area contributed by atoms with Gasteiger partial charge in [-0.3, -0.25) is 4.79 Å². The molecule has 0 spiro atoms. The fourth-order valence-corrected chi connectivity index (χ4v) is 1.26. The second kappa shape index (κ2) is 4.24. The van der Waals surface area contributed by atoms with E-state index < -0.39 is 6.04 Å². The highest BCUT2D eigenvalue weighted by molar-refractivity contribution is 5.82. The standard InChI is InChI=1S/C11H16N2O/c1-7-4-5-9(6-8(7)2)10(12)11(14)13-3/h4-6,10H,12H2,1-3H3,(H,13,14). The summed E-state index contributed by atoms with van der Waals surface area (Å²) in [5.41, 5.74) is 8.97. The predicted molar refractivity (Wildman–Crippen MR) is 56.9 cm³/mol. The Bertz CT molecular complexity index is 347. The van der Waals surface area contributed by atoms with Crippen molar-refractivity contribution in [3.63, 3.8) is 0 Å². The Hall–Kier alpha value is -1.35. The van der Waals surface area contributed by atoms with E-state index >= 15 is 0 Å². The Morgan fingerprint density at radius 3 is 2.50 bits per heavy atom. The van der Waals surface area contributed by atoms with Crippen molar-refractivity contribution in [3.05, 3.63) is 34.9 Å². The first-order chi connectivity index (χ1) is 6.56. The number of nitrogens with one attached hydrogen (secondary N) is 1. The molecule has 76 valence electrons. The number of carbonyl (C=O) groups is 1. The van der Waals surface area contributed by atoms with E-state index in [-0.39, 0.29) is 5.91 Å². The molecular formula is C11H16N2O. The number of carbonyl (C=O) groups excluding carboxylic acids is 1. The van der Waals surface area contributed by atoms with Gasteiger partial charge in [-0.05, 0) is 30.5 Å². The fourth-order valence-electron chi connectivity index (χ4n) is 1.26. The van der Waals surface area contributed by atoms with E-state index in [1.165, 1.54) is 5.56 Å². The van der Waals surface area contributed by atoms with Crippen LogP contribution < -0.4 is 11.1 Å². The minimum atomic E-state index is -0.570. The maximum Gasteiger partial charge on any atom is 0.241 e. The van der Waals surface area contributed by atoms with Crippen LogP contribution in [-0.4, -0.2) is 13.0 Å². The van der Waals surface area contributed by atoms with Crippen LogP contribution >= 0.6 is 0 Å². The monoisotopic (exact) mass is 192 g/mol. The number of hydrogen-bond donors (Lipinski definition) is 2. The average Bonchev–Trinajstić information content (AvgIpc) is 2.20. The number of benzene rings is 1. The third-order valence-electron chi connectivity index (χ3n) is 2.42. The van der Waals surface area contributed by atoms with Crippen LogP contribution in [0.3, 0.4) is 0 Å². The van der Waals surface area contributed by atoms with Gasteiger partial charge in [0.15, 0.2) is 0 Å². The van der Waals surface area contributed by atoms with Gasteiger partial charge in [-0.25, -0.2) is 0 Å². The molecule has 0 radical (unpaired) electrons. The van der Waals surface area contributed by atoms with Crippen LogP contribution in [0.4, 0.5) is 0 Å². The van der Waals surface area contributed by atoms with Crippen molar-refractivity contribution in [1.82, 2.24) is 5.32 Å². The Labute approximate surface area is 84.3 Å². The van der Waals surface area contributed by atoms with Crippen LogP contribution in [0.25, 0.3) is 0 Å². The van der Waals surface area contributed by atoms with Crippen molar-refractivity contribution >= 4 is 5.91 Å². The average molecular weight is 192 g/mol. The number of rotatable bonds is 2. The van der Waals surface area contributed by atoms with Gasteiger partial charge >= 0.3 is 0 Å². The second-order valence-corrected chi connectivity index (χ2v) is 3.44. The first-order valence-corrected chi connectivity index (χ1v) is 4.60. The Morgan fingerprint density at radius 2 is 2.00 bits per heavy atom. The normalized spacial score (nSPS) is 12.3. The van der Waals surface area contributed by atoms with Gasteiger partial charge in [-0.15, -0.1) is 0 Å². The molecule has 0 aliphatic heterocycles. The molecule has 1 aromatic rings. The van der Waals surface area contributed by atoms with E-state index in [2.05, 4.69) is 5.32 Å². The molecule has 3 heteroatoms. The molecule has 3 N–H and O–H groups in total. The third-order valence-corrected chi connectivity index (χ3v) is 2.42. The van der Waals surface area contributed by atoms with Crippen LogP contribution in [0.1, 0.15) is 22.7 Å². The maximum absolute atomic E-state index is 11.3. The molecule has 1 aromatic carbocycles. The van der Waals surface area contributed by atoms with Crippen LogP contribution in [0.2, 0.25) is 0 Å².